The predicted molar refractivity (Wildman–Crippen MR) is 82.4 cm³/mol. The number of aromatic nitrogens is 2. The van der Waals surface area contributed by atoms with Gasteiger partial charge in [-0.3, -0.25) is 0 Å². The monoisotopic (exact) mass is 285 g/mol. The molecule has 0 radical (unpaired) electrons. The molecule has 21 heavy (non-hydrogen) atoms. The van der Waals surface area contributed by atoms with E-state index in [1.807, 2.05) is 7.05 Å². The van der Waals surface area contributed by atoms with Gasteiger partial charge in [-0.1, -0.05) is 36.3 Å². The SMILES string of the molecule is CNC(C)C(C)c1nc(C2CCc3ccccc3C2)no1. The molecule has 1 N–H and O–H groups in total. The summed E-state index contributed by atoms with van der Waals surface area (Å²) in [5.74, 6) is 2.22. The summed E-state index contributed by atoms with van der Waals surface area (Å²) < 4.78 is 5.49. The van der Waals surface area contributed by atoms with Gasteiger partial charge in [-0.2, -0.15) is 4.98 Å². The Hall–Kier alpha value is -1.68. The summed E-state index contributed by atoms with van der Waals surface area (Å²) in [4.78, 5) is 4.66. The lowest BCUT2D eigenvalue weighted by molar-refractivity contribution is 0.330. The van der Waals surface area contributed by atoms with Crippen molar-refractivity contribution >= 4 is 0 Å². The summed E-state index contributed by atoms with van der Waals surface area (Å²) in [6, 6.07) is 9.00. The predicted octanol–water partition coefficient (Wildman–Crippen LogP) is 3.05. The Morgan fingerprint density at radius 1 is 1.24 bits per heavy atom. The van der Waals surface area contributed by atoms with Crippen molar-refractivity contribution in [1.82, 2.24) is 15.5 Å². The molecule has 3 atom stereocenters. The topological polar surface area (TPSA) is 51.0 Å². The molecule has 0 fully saturated rings. The third-order valence-corrected chi connectivity index (χ3v) is 4.76. The number of aryl methyl sites for hydroxylation is 1. The van der Waals surface area contributed by atoms with Crippen LogP contribution in [0.15, 0.2) is 28.8 Å². The Balaban J connectivity index is 1.76. The molecule has 0 saturated heterocycles. The average molecular weight is 285 g/mol. The molecular formula is C17H23N3O. The van der Waals surface area contributed by atoms with Crippen molar-refractivity contribution in [3.8, 4) is 0 Å². The Morgan fingerprint density at radius 2 is 2.00 bits per heavy atom. The van der Waals surface area contributed by atoms with Crippen LogP contribution in [0, 0.1) is 0 Å². The molecule has 3 rings (SSSR count). The van der Waals surface area contributed by atoms with Gasteiger partial charge >= 0.3 is 0 Å². The van der Waals surface area contributed by atoms with Crippen molar-refractivity contribution in [3.05, 3.63) is 47.1 Å². The molecule has 0 amide bonds. The van der Waals surface area contributed by atoms with Crippen LogP contribution in [-0.4, -0.2) is 23.2 Å². The number of fused-ring (bicyclic) bond motifs is 1. The number of hydrogen-bond acceptors (Lipinski definition) is 4. The van der Waals surface area contributed by atoms with Gasteiger partial charge in [0.05, 0.1) is 5.92 Å². The van der Waals surface area contributed by atoms with Crippen LogP contribution in [0.1, 0.15) is 54.9 Å². The first-order valence-electron chi connectivity index (χ1n) is 7.76. The van der Waals surface area contributed by atoms with Gasteiger partial charge in [0.1, 0.15) is 0 Å². The minimum Gasteiger partial charge on any atom is -0.339 e. The number of benzene rings is 1. The summed E-state index contributed by atoms with van der Waals surface area (Å²) in [6.45, 7) is 4.25. The highest BCUT2D eigenvalue weighted by Gasteiger charge is 2.26. The van der Waals surface area contributed by atoms with E-state index in [0.29, 0.717) is 12.0 Å². The van der Waals surface area contributed by atoms with Crippen molar-refractivity contribution < 1.29 is 4.52 Å². The Labute approximate surface area is 126 Å². The molecule has 112 valence electrons. The van der Waals surface area contributed by atoms with Crippen LogP contribution in [0.4, 0.5) is 0 Å². The highest BCUT2D eigenvalue weighted by atomic mass is 16.5. The summed E-state index contributed by atoms with van der Waals surface area (Å²) in [5, 5.41) is 7.47. The van der Waals surface area contributed by atoms with Crippen molar-refractivity contribution in [1.29, 1.82) is 0 Å². The molecule has 0 bridgehead atoms. The number of nitrogens with one attached hydrogen (secondary N) is 1. The molecule has 2 aromatic rings. The number of rotatable bonds is 4. The lowest BCUT2D eigenvalue weighted by Crippen LogP contribution is -2.27. The molecule has 0 aliphatic heterocycles. The van der Waals surface area contributed by atoms with E-state index < -0.39 is 0 Å². The quantitative estimate of drug-likeness (QED) is 0.938. The Morgan fingerprint density at radius 3 is 2.76 bits per heavy atom. The first-order chi connectivity index (χ1) is 10.2. The first-order valence-corrected chi connectivity index (χ1v) is 7.76. The lowest BCUT2D eigenvalue weighted by Gasteiger charge is -2.21. The van der Waals surface area contributed by atoms with Crippen molar-refractivity contribution in [2.45, 2.75) is 51.0 Å². The second-order valence-electron chi connectivity index (χ2n) is 6.07. The molecule has 4 heteroatoms. The summed E-state index contributed by atoms with van der Waals surface area (Å²) in [6.07, 6.45) is 3.23. The maximum absolute atomic E-state index is 5.49. The van der Waals surface area contributed by atoms with Gasteiger partial charge in [0, 0.05) is 12.0 Å². The van der Waals surface area contributed by atoms with Crippen LogP contribution >= 0.6 is 0 Å². The fourth-order valence-electron chi connectivity index (χ4n) is 2.98. The zero-order chi connectivity index (χ0) is 14.8. The fourth-order valence-corrected chi connectivity index (χ4v) is 2.98. The normalized spacial score (nSPS) is 20.8. The minimum absolute atomic E-state index is 0.229. The van der Waals surface area contributed by atoms with Gasteiger partial charge in [0.2, 0.25) is 5.89 Å². The van der Waals surface area contributed by atoms with E-state index in [-0.39, 0.29) is 5.92 Å². The third-order valence-electron chi connectivity index (χ3n) is 4.76. The van der Waals surface area contributed by atoms with E-state index in [9.17, 15) is 0 Å². The molecule has 0 spiro atoms. The molecule has 1 aromatic heterocycles. The first kappa shape index (κ1) is 14.3. The van der Waals surface area contributed by atoms with Crippen LogP contribution in [0.2, 0.25) is 0 Å². The van der Waals surface area contributed by atoms with Crippen LogP contribution < -0.4 is 5.32 Å². The Kier molecular flexibility index (Phi) is 4.06. The molecule has 0 saturated carbocycles. The van der Waals surface area contributed by atoms with E-state index in [4.69, 9.17) is 4.52 Å². The van der Waals surface area contributed by atoms with Gasteiger partial charge in [-0.05, 0) is 44.4 Å². The van der Waals surface area contributed by atoms with E-state index in [1.165, 1.54) is 11.1 Å². The number of hydrogen-bond donors (Lipinski definition) is 1. The molecule has 4 nitrogen and oxygen atoms in total. The zero-order valence-corrected chi connectivity index (χ0v) is 13.0. The van der Waals surface area contributed by atoms with E-state index in [0.717, 1.165) is 31.0 Å². The number of likely N-dealkylation sites (N-methyl/N-ethyl adjacent to an activating group) is 1. The maximum Gasteiger partial charge on any atom is 0.231 e. The van der Waals surface area contributed by atoms with Gasteiger partial charge in [0.25, 0.3) is 0 Å². The van der Waals surface area contributed by atoms with E-state index in [1.54, 1.807) is 0 Å². The molecular weight excluding hydrogens is 262 g/mol. The second kappa shape index (κ2) is 5.98. The average Bonchev–Trinajstić information content (AvgIpc) is 3.02. The third kappa shape index (κ3) is 2.86. The lowest BCUT2D eigenvalue weighted by atomic mass is 9.83. The van der Waals surface area contributed by atoms with Crippen LogP contribution in [0.25, 0.3) is 0 Å². The molecule has 1 aromatic carbocycles. The maximum atomic E-state index is 5.49. The molecule has 1 aliphatic carbocycles. The highest BCUT2D eigenvalue weighted by Crippen LogP contribution is 2.31. The standard InChI is InChI=1S/C17H23N3O/c1-11(12(2)18-3)17-19-16(20-21-17)15-9-8-13-6-4-5-7-14(13)10-15/h4-7,11-12,15,18H,8-10H2,1-3H3. The van der Waals surface area contributed by atoms with Crippen molar-refractivity contribution in [3.63, 3.8) is 0 Å². The van der Waals surface area contributed by atoms with Crippen LogP contribution in [0.3, 0.4) is 0 Å². The van der Waals surface area contributed by atoms with Gasteiger partial charge in [0.15, 0.2) is 5.82 Å². The molecule has 1 heterocycles. The summed E-state index contributed by atoms with van der Waals surface area (Å²) >= 11 is 0. The van der Waals surface area contributed by atoms with E-state index in [2.05, 4.69) is 53.6 Å². The highest BCUT2D eigenvalue weighted by molar-refractivity contribution is 5.31. The van der Waals surface area contributed by atoms with Crippen molar-refractivity contribution in [2.24, 2.45) is 0 Å². The van der Waals surface area contributed by atoms with E-state index >= 15 is 0 Å². The van der Waals surface area contributed by atoms with Gasteiger partial charge in [-0.25, -0.2) is 0 Å². The van der Waals surface area contributed by atoms with Gasteiger partial charge in [-0.15, -0.1) is 0 Å². The largest absolute Gasteiger partial charge is 0.339 e. The minimum atomic E-state index is 0.229. The molecule has 3 unspecified atom stereocenters. The smallest absolute Gasteiger partial charge is 0.231 e. The Bertz CT molecular complexity index is 608. The number of nitrogens with zero attached hydrogens (tertiary/aromatic N) is 2. The molecule has 1 aliphatic rings. The van der Waals surface area contributed by atoms with Crippen molar-refractivity contribution in [2.75, 3.05) is 7.05 Å². The summed E-state index contributed by atoms with van der Waals surface area (Å²) in [7, 11) is 1.95. The van der Waals surface area contributed by atoms with Crippen LogP contribution in [-0.2, 0) is 12.8 Å². The fraction of sp³-hybridized carbons (Fsp3) is 0.529. The van der Waals surface area contributed by atoms with Crippen LogP contribution in [0.5, 0.6) is 0 Å². The summed E-state index contributed by atoms with van der Waals surface area (Å²) in [5.41, 5.74) is 2.89. The van der Waals surface area contributed by atoms with Gasteiger partial charge < -0.3 is 9.84 Å². The zero-order valence-electron chi connectivity index (χ0n) is 13.0. The second-order valence-corrected chi connectivity index (χ2v) is 6.07.